The van der Waals surface area contributed by atoms with E-state index < -0.39 is 0 Å². The molecule has 0 heterocycles. The number of ether oxygens (including phenoxy) is 1. The average molecular weight is 285 g/mol. The summed E-state index contributed by atoms with van der Waals surface area (Å²) in [4.78, 5) is 11.9. The highest BCUT2D eigenvalue weighted by Gasteiger charge is 2.20. The number of esters is 1. The van der Waals surface area contributed by atoms with Gasteiger partial charge in [-0.25, -0.2) is 0 Å². The molecule has 1 atom stereocenters. The van der Waals surface area contributed by atoms with Crippen molar-refractivity contribution in [1.29, 1.82) is 0 Å². The summed E-state index contributed by atoms with van der Waals surface area (Å²) in [7, 11) is 1.39. The molecule has 0 aliphatic rings. The Kier molecular flexibility index (Phi) is 5.35. The van der Waals surface area contributed by atoms with Crippen LogP contribution in [0.3, 0.4) is 0 Å². The fourth-order valence-corrected chi connectivity index (χ4v) is 2.18. The molecule has 0 bridgehead atoms. The van der Waals surface area contributed by atoms with E-state index in [9.17, 15) is 9.90 Å². The number of carbonyl (C=O) groups is 1. The molecule has 110 valence electrons. The van der Waals surface area contributed by atoms with Gasteiger partial charge in [0.05, 0.1) is 13.0 Å². The van der Waals surface area contributed by atoms with Crippen LogP contribution in [0.4, 0.5) is 0 Å². The van der Waals surface area contributed by atoms with Crippen LogP contribution in [0, 0.1) is 0 Å². The van der Waals surface area contributed by atoms with Gasteiger partial charge in [0.25, 0.3) is 0 Å². The largest absolute Gasteiger partial charge is 0.508 e. The molecule has 0 fully saturated rings. The van der Waals surface area contributed by atoms with Crippen LogP contribution in [0.25, 0.3) is 0 Å². The van der Waals surface area contributed by atoms with Crippen molar-refractivity contribution in [3.05, 3.63) is 65.7 Å². The molecule has 0 saturated carbocycles. The Morgan fingerprint density at radius 2 is 1.81 bits per heavy atom. The first-order valence-electron chi connectivity index (χ1n) is 6.82. The normalized spacial score (nSPS) is 11.9. The van der Waals surface area contributed by atoms with Crippen molar-refractivity contribution in [2.24, 2.45) is 0 Å². The van der Waals surface area contributed by atoms with Gasteiger partial charge in [0.1, 0.15) is 5.75 Å². The first-order valence-corrected chi connectivity index (χ1v) is 6.82. The number of hydrogen-bond donors (Lipinski definition) is 2. The number of para-hydroxylation sites is 1. The molecular weight excluding hydrogens is 266 g/mol. The van der Waals surface area contributed by atoms with Crippen molar-refractivity contribution in [2.45, 2.75) is 12.5 Å². The van der Waals surface area contributed by atoms with Gasteiger partial charge < -0.3 is 15.2 Å². The van der Waals surface area contributed by atoms with Gasteiger partial charge in [-0.2, -0.15) is 0 Å². The van der Waals surface area contributed by atoms with Crippen molar-refractivity contribution < 1.29 is 14.6 Å². The summed E-state index contributed by atoms with van der Waals surface area (Å²) in [6, 6.07) is 16.7. The van der Waals surface area contributed by atoms with Crippen molar-refractivity contribution >= 4 is 5.97 Å². The Morgan fingerprint density at radius 1 is 1.14 bits per heavy atom. The fraction of sp³-hybridized carbons (Fsp3) is 0.235. The number of rotatable bonds is 6. The number of benzene rings is 2. The van der Waals surface area contributed by atoms with E-state index in [2.05, 4.69) is 5.32 Å². The van der Waals surface area contributed by atoms with Gasteiger partial charge in [-0.15, -0.1) is 0 Å². The van der Waals surface area contributed by atoms with Gasteiger partial charge in [-0.05, 0) is 11.6 Å². The lowest BCUT2D eigenvalue weighted by atomic mass is 9.99. The standard InChI is InChI=1S/C17H19NO3/c1-21-17(20)15(13-7-3-2-4-8-13)12-18-11-14-9-5-6-10-16(14)19/h2-10,15,18-19H,11-12H2,1H3. The molecule has 0 saturated heterocycles. The molecule has 0 amide bonds. The highest BCUT2D eigenvalue weighted by molar-refractivity contribution is 5.78. The molecule has 2 N–H and O–H groups in total. The molecule has 0 aliphatic heterocycles. The molecule has 4 heteroatoms. The minimum absolute atomic E-state index is 0.249. The molecule has 2 aromatic carbocycles. The number of hydrogen-bond acceptors (Lipinski definition) is 4. The van der Waals surface area contributed by atoms with Gasteiger partial charge in [0.2, 0.25) is 0 Å². The van der Waals surface area contributed by atoms with Crippen LogP contribution in [0.15, 0.2) is 54.6 Å². The van der Waals surface area contributed by atoms with Gasteiger partial charge in [-0.1, -0.05) is 48.5 Å². The van der Waals surface area contributed by atoms with Gasteiger partial charge in [0, 0.05) is 18.7 Å². The van der Waals surface area contributed by atoms with E-state index in [1.807, 2.05) is 42.5 Å². The minimum Gasteiger partial charge on any atom is -0.508 e. The van der Waals surface area contributed by atoms with Crippen LogP contribution in [-0.4, -0.2) is 24.7 Å². The summed E-state index contributed by atoms with van der Waals surface area (Å²) in [5, 5.41) is 12.9. The van der Waals surface area contributed by atoms with Gasteiger partial charge in [-0.3, -0.25) is 4.79 Å². The number of methoxy groups -OCH3 is 1. The van der Waals surface area contributed by atoms with Crippen LogP contribution < -0.4 is 5.32 Å². The lowest BCUT2D eigenvalue weighted by molar-refractivity contribution is -0.142. The number of phenols is 1. The third kappa shape index (κ3) is 4.07. The van der Waals surface area contributed by atoms with Crippen LogP contribution in [-0.2, 0) is 16.1 Å². The maximum Gasteiger partial charge on any atom is 0.314 e. The second-order valence-electron chi connectivity index (χ2n) is 4.75. The van der Waals surface area contributed by atoms with E-state index in [4.69, 9.17) is 4.74 Å². The van der Waals surface area contributed by atoms with Crippen molar-refractivity contribution in [3.8, 4) is 5.75 Å². The predicted molar refractivity (Wildman–Crippen MR) is 81.0 cm³/mol. The lowest BCUT2D eigenvalue weighted by Crippen LogP contribution is -2.27. The van der Waals surface area contributed by atoms with Crippen LogP contribution in [0.5, 0.6) is 5.75 Å². The molecular formula is C17H19NO3. The number of aromatic hydroxyl groups is 1. The molecule has 2 rings (SSSR count). The predicted octanol–water partition coefficient (Wildman–Crippen LogP) is 2.44. The number of nitrogens with one attached hydrogen (secondary N) is 1. The van der Waals surface area contributed by atoms with Crippen molar-refractivity contribution in [1.82, 2.24) is 5.32 Å². The first-order chi connectivity index (χ1) is 10.2. The molecule has 0 radical (unpaired) electrons. The van der Waals surface area contributed by atoms with E-state index in [1.165, 1.54) is 7.11 Å². The Balaban J connectivity index is 2.00. The molecule has 2 aromatic rings. The summed E-state index contributed by atoms with van der Waals surface area (Å²) in [6.07, 6.45) is 0. The zero-order valence-corrected chi connectivity index (χ0v) is 12.0. The van der Waals surface area contributed by atoms with Crippen LogP contribution >= 0.6 is 0 Å². The molecule has 4 nitrogen and oxygen atoms in total. The maximum absolute atomic E-state index is 11.9. The smallest absolute Gasteiger partial charge is 0.314 e. The van der Waals surface area contributed by atoms with Crippen molar-refractivity contribution in [3.63, 3.8) is 0 Å². The summed E-state index contributed by atoms with van der Waals surface area (Å²) in [5.74, 6) is -0.382. The maximum atomic E-state index is 11.9. The van der Waals surface area contributed by atoms with E-state index in [0.29, 0.717) is 13.1 Å². The molecule has 21 heavy (non-hydrogen) atoms. The first kappa shape index (κ1) is 15.1. The molecule has 0 spiro atoms. The van der Waals surface area contributed by atoms with E-state index >= 15 is 0 Å². The topological polar surface area (TPSA) is 58.6 Å². The van der Waals surface area contributed by atoms with Gasteiger partial charge in [0.15, 0.2) is 0 Å². The average Bonchev–Trinajstić information content (AvgIpc) is 2.53. The second kappa shape index (κ2) is 7.45. The Bertz CT molecular complexity index is 584. The Hall–Kier alpha value is -2.33. The molecule has 1 unspecified atom stereocenters. The van der Waals surface area contributed by atoms with E-state index in [1.54, 1.807) is 12.1 Å². The SMILES string of the molecule is COC(=O)C(CNCc1ccccc1O)c1ccccc1. The number of phenolic OH excluding ortho intramolecular Hbond substituents is 1. The number of carbonyl (C=O) groups excluding carboxylic acids is 1. The summed E-state index contributed by atoms with van der Waals surface area (Å²) in [5.41, 5.74) is 1.71. The quantitative estimate of drug-likeness (QED) is 0.800. The highest BCUT2D eigenvalue weighted by Crippen LogP contribution is 2.18. The summed E-state index contributed by atoms with van der Waals surface area (Å²) < 4.78 is 4.86. The zero-order valence-electron chi connectivity index (χ0n) is 12.0. The molecule has 0 aliphatic carbocycles. The van der Waals surface area contributed by atoms with Crippen molar-refractivity contribution in [2.75, 3.05) is 13.7 Å². The zero-order chi connectivity index (χ0) is 15.1. The van der Waals surface area contributed by atoms with Gasteiger partial charge >= 0.3 is 5.97 Å². The summed E-state index contributed by atoms with van der Waals surface area (Å²) in [6.45, 7) is 0.942. The third-order valence-electron chi connectivity index (χ3n) is 3.34. The third-order valence-corrected chi connectivity index (χ3v) is 3.34. The molecule has 0 aromatic heterocycles. The second-order valence-corrected chi connectivity index (χ2v) is 4.75. The van der Waals surface area contributed by atoms with E-state index in [0.717, 1.165) is 11.1 Å². The summed E-state index contributed by atoms with van der Waals surface area (Å²) >= 11 is 0. The van der Waals surface area contributed by atoms with Crippen LogP contribution in [0.2, 0.25) is 0 Å². The van der Waals surface area contributed by atoms with Crippen LogP contribution in [0.1, 0.15) is 17.0 Å². The minimum atomic E-state index is -0.359. The lowest BCUT2D eigenvalue weighted by Gasteiger charge is -2.16. The van der Waals surface area contributed by atoms with E-state index in [-0.39, 0.29) is 17.6 Å². The highest BCUT2D eigenvalue weighted by atomic mass is 16.5. The Morgan fingerprint density at radius 3 is 2.48 bits per heavy atom. The fourth-order valence-electron chi connectivity index (χ4n) is 2.18. The monoisotopic (exact) mass is 285 g/mol. The Labute approximate surface area is 124 Å².